The van der Waals surface area contributed by atoms with Crippen LogP contribution in [0.1, 0.15) is 68.9 Å². The molecule has 2 aliphatic rings. The fourth-order valence-corrected chi connectivity index (χ4v) is 7.05. The van der Waals surface area contributed by atoms with Crippen molar-refractivity contribution in [3.8, 4) is 0 Å². The molecule has 1 aliphatic heterocycles. The first-order chi connectivity index (χ1) is 27.6. The maximum Gasteiger partial charge on any atom is 0.405 e. The third-order valence-corrected chi connectivity index (χ3v) is 10.4. The van der Waals surface area contributed by atoms with Crippen LogP contribution in [-0.4, -0.2) is 84.7 Å². The number of nitrogens with two attached hydrogens (primary N) is 1. The topological polar surface area (TPSA) is 187 Å². The van der Waals surface area contributed by atoms with Gasteiger partial charge in [-0.3, -0.25) is 24.1 Å². The van der Waals surface area contributed by atoms with Crippen LogP contribution >= 0.6 is 0 Å². The van der Waals surface area contributed by atoms with Gasteiger partial charge in [-0.1, -0.05) is 87.5 Å². The van der Waals surface area contributed by atoms with Gasteiger partial charge in [0.25, 0.3) is 11.8 Å². The van der Waals surface area contributed by atoms with E-state index in [1.807, 2.05) is 37.3 Å². The monoisotopic (exact) mass is 796 g/mol. The van der Waals surface area contributed by atoms with Crippen LogP contribution in [0.5, 0.6) is 0 Å². The molecule has 2 bridgehead atoms. The number of fused-ring (bicyclic) bond motifs is 2. The summed E-state index contributed by atoms with van der Waals surface area (Å²) in [5, 5.41) is 16.7. The van der Waals surface area contributed by atoms with Crippen molar-refractivity contribution in [2.24, 2.45) is 17.6 Å². The Balaban J connectivity index is 1.65. The predicted octanol–water partition coefficient (Wildman–Crippen LogP) is 5.21. The molecule has 4 rings (SSSR count). The molecule has 58 heavy (non-hydrogen) atoms. The van der Waals surface area contributed by atoms with Gasteiger partial charge in [-0.2, -0.15) is 0 Å². The summed E-state index contributed by atoms with van der Waals surface area (Å²) in [6.07, 6.45) is 3.01. The minimum absolute atomic E-state index is 0.0119. The van der Waals surface area contributed by atoms with Crippen molar-refractivity contribution >= 4 is 29.5 Å². The summed E-state index contributed by atoms with van der Waals surface area (Å²) in [6, 6.07) is 17.3. The molecule has 1 heterocycles. The minimum Gasteiger partial charge on any atom is -0.439 e. The van der Waals surface area contributed by atoms with Crippen molar-refractivity contribution in [2.45, 2.75) is 85.0 Å². The smallest absolute Gasteiger partial charge is 0.405 e. The van der Waals surface area contributed by atoms with Crippen LogP contribution in [0.15, 0.2) is 113 Å². The maximum absolute atomic E-state index is 14.1. The van der Waals surface area contributed by atoms with Crippen molar-refractivity contribution in [1.29, 1.82) is 0 Å². The number of rotatable bonds is 10. The molecule has 1 aliphatic carbocycles. The number of Topliss-reactive ketones (excluding diaryl/α,β-unsaturated/α-hetero) is 1. The Morgan fingerprint density at radius 3 is 2.22 bits per heavy atom. The molecule has 5 N–H and O–H groups in total. The SMILES string of the molecule is CCN(Cc1ccccc1)Cc1ccc(C(=O)NC2=C3C[C@@H](C)C[C@@H](OC)[C@@H](O)[C@@H](C)/C=C(/C)[C@@H](OC(N)=O)[C@H](OC)/C=C\C=C(\C)C(=O)NC(=CC2=O)C3=O)cc1. The number of hydrogen-bond donors (Lipinski definition) is 4. The first-order valence-corrected chi connectivity index (χ1v) is 19.4. The quantitative estimate of drug-likeness (QED) is 0.184. The Morgan fingerprint density at radius 2 is 1.62 bits per heavy atom. The lowest BCUT2D eigenvalue weighted by Gasteiger charge is -2.30. The van der Waals surface area contributed by atoms with Crippen molar-refractivity contribution in [1.82, 2.24) is 15.5 Å². The lowest BCUT2D eigenvalue weighted by atomic mass is 9.85. The third-order valence-electron chi connectivity index (χ3n) is 10.4. The van der Waals surface area contributed by atoms with Crippen LogP contribution in [0.2, 0.25) is 0 Å². The van der Waals surface area contributed by atoms with Crippen molar-refractivity contribution in [3.63, 3.8) is 0 Å². The van der Waals surface area contributed by atoms with Gasteiger partial charge in [-0.25, -0.2) is 4.79 Å². The van der Waals surface area contributed by atoms with Gasteiger partial charge in [-0.05, 0) is 68.0 Å². The standard InChI is InChI=1S/C45H56N4O9/c1-8-49(25-31-14-10-9-11-15-31)26-32-17-19-33(20-18-32)44(54)48-39-34-21-27(2)22-38(57-7)40(51)29(4)23-30(5)42(58-45(46)55)37(56-6)16-12-13-28(3)43(53)47-35(41(34)52)24-36(39)50/h9-20,23-24,27,29,37-38,40,42,51H,8,21-22,25-26H2,1-7H3,(H2,46,55)(H,47,53)(H,48,54)/b16-12-,28-13-,30-23-/t27-,29+,37-,38-,40+,42-/m1/s1. The van der Waals surface area contributed by atoms with Gasteiger partial charge < -0.3 is 35.7 Å². The lowest BCUT2D eigenvalue weighted by molar-refractivity contribution is -0.120. The average Bonchev–Trinajstić information content (AvgIpc) is 3.20. The fraction of sp³-hybridized carbons (Fsp3) is 0.400. The maximum atomic E-state index is 14.1. The normalized spacial score (nSPS) is 26.2. The zero-order chi connectivity index (χ0) is 42.5. The zero-order valence-corrected chi connectivity index (χ0v) is 34.3. The molecular formula is C45H56N4O9. The summed E-state index contributed by atoms with van der Waals surface area (Å²) < 4.78 is 16.7. The molecule has 2 aromatic carbocycles. The Kier molecular flexibility index (Phi) is 16.6. The Labute approximate surface area is 340 Å². The molecular weight excluding hydrogens is 741 g/mol. The van der Waals surface area contributed by atoms with Crippen LogP contribution in [0.25, 0.3) is 0 Å². The number of carbonyl (C=O) groups excluding carboxylic acids is 5. The molecule has 0 radical (unpaired) electrons. The van der Waals surface area contributed by atoms with Gasteiger partial charge >= 0.3 is 6.09 Å². The number of aliphatic hydroxyl groups is 1. The van der Waals surface area contributed by atoms with Gasteiger partial charge in [0.1, 0.15) is 6.10 Å². The summed E-state index contributed by atoms with van der Waals surface area (Å²) in [7, 11) is 2.88. The van der Waals surface area contributed by atoms with Gasteiger partial charge in [0.05, 0.1) is 23.6 Å². The van der Waals surface area contributed by atoms with Crippen LogP contribution in [-0.2, 0) is 41.7 Å². The van der Waals surface area contributed by atoms with Gasteiger partial charge in [0.2, 0.25) is 11.6 Å². The van der Waals surface area contributed by atoms with Crippen LogP contribution in [0.3, 0.4) is 0 Å². The van der Waals surface area contributed by atoms with E-state index in [0.29, 0.717) is 17.7 Å². The Bertz CT molecular complexity index is 1970. The number of ketones is 2. The van der Waals surface area contributed by atoms with Crippen LogP contribution in [0.4, 0.5) is 4.79 Å². The van der Waals surface area contributed by atoms with E-state index in [0.717, 1.165) is 24.7 Å². The highest BCUT2D eigenvalue weighted by Gasteiger charge is 2.34. The number of nitrogens with one attached hydrogen (secondary N) is 2. The number of hydrogen-bond acceptors (Lipinski definition) is 10. The molecule has 13 heteroatoms. The van der Waals surface area contributed by atoms with E-state index in [1.165, 1.54) is 38.9 Å². The second-order valence-electron chi connectivity index (χ2n) is 14.9. The fourth-order valence-electron chi connectivity index (χ4n) is 7.05. The van der Waals surface area contributed by atoms with E-state index in [9.17, 15) is 29.1 Å². The molecule has 0 spiro atoms. The molecule has 2 aromatic rings. The lowest BCUT2D eigenvalue weighted by Crippen LogP contribution is -2.38. The molecule has 0 saturated carbocycles. The highest BCUT2D eigenvalue weighted by molar-refractivity contribution is 6.24. The highest BCUT2D eigenvalue weighted by atomic mass is 16.6. The molecule has 0 unspecified atom stereocenters. The number of aliphatic hydroxyl groups excluding tert-OH is 1. The van der Waals surface area contributed by atoms with E-state index >= 15 is 0 Å². The molecule has 13 nitrogen and oxygen atoms in total. The molecule has 310 valence electrons. The summed E-state index contributed by atoms with van der Waals surface area (Å²) in [5.74, 6) is -3.38. The second kappa shape index (κ2) is 21.3. The van der Waals surface area contributed by atoms with Gasteiger partial charge in [0, 0.05) is 56.0 Å². The zero-order valence-electron chi connectivity index (χ0n) is 34.3. The van der Waals surface area contributed by atoms with Crippen LogP contribution < -0.4 is 16.4 Å². The molecule has 0 saturated heterocycles. The Morgan fingerprint density at radius 1 is 0.966 bits per heavy atom. The highest BCUT2D eigenvalue weighted by Crippen LogP contribution is 2.29. The summed E-state index contributed by atoms with van der Waals surface area (Å²) >= 11 is 0. The predicted molar refractivity (Wildman–Crippen MR) is 220 cm³/mol. The number of carbonyl (C=O) groups is 5. The van der Waals surface area contributed by atoms with Gasteiger partial charge in [-0.15, -0.1) is 0 Å². The molecule has 0 fully saturated rings. The van der Waals surface area contributed by atoms with Crippen LogP contribution in [0, 0.1) is 11.8 Å². The second-order valence-corrected chi connectivity index (χ2v) is 14.9. The molecule has 3 amide bonds. The van der Waals surface area contributed by atoms with E-state index < -0.39 is 59.8 Å². The summed E-state index contributed by atoms with van der Waals surface area (Å²) in [5.41, 5.74) is 8.22. The van der Waals surface area contributed by atoms with E-state index in [2.05, 4.69) is 34.6 Å². The van der Waals surface area contributed by atoms with Gasteiger partial charge in [0.15, 0.2) is 6.10 Å². The largest absolute Gasteiger partial charge is 0.439 e. The van der Waals surface area contributed by atoms with E-state index in [1.54, 1.807) is 38.1 Å². The minimum atomic E-state index is -1.04. The Hall–Kier alpha value is -5.47. The van der Waals surface area contributed by atoms with E-state index in [-0.39, 0.29) is 41.3 Å². The third kappa shape index (κ3) is 12.3. The van der Waals surface area contributed by atoms with Crippen molar-refractivity contribution in [2.75, 3.05) is 20.8 Å². The molecule has 0 aromatic heterocycles. The summed E-state index contributed by atoms with van der Waals surface area (Å²) in [6.45, 7) is 11.2. The first kappa shape index (κ1) is 45.2. The van der Waals surface area contributed by atoms with E-state index in [4.69, 9.17) is 19.9 Å². The summed E-state index contributed by atoms with van der Waals surface area (Å²) in [4.78, 5) is 69.0. The average molecular weight is 797 g/mol. The number of benzene rings is 2. The molecule has 6 atom stereocenters. The number of methoxy groups -OCH3 is 2. The number of ether oxygens (including phenoxy) is 3. The number of allylic oxidation sites excluding steroid dienone is 4. The number of amides is 3. The van der Waals surface area contributed by atoms with Crippen molar-refractivity contribution < 1.29 is 43.3 Å². The van der Waals surface area contributed by atoms with Crippen molar-refractivity contribution in [3.05, 3.63) is 130 Å². The number of nitrogens with zero attached hydrogens (tertiary/aromatic N) is 1. The first-order valence-electron chi connectivity index (χ1n) is 19.4. The number of primary amides is 1.